The van der Waals surface area contributed by atoms with E-state index in [0.29, 0.717) is 0 Å². The van der Waals surface area contributed by atoms with Gasteiger partial charge in [-0.15, -0.1) is 0 Å². The Morgan fingerprint density at radius 3 is 2.42 bits per heavy atom. The number of hydrogen-bond donors (Lipinski definition) is 7. The van der Waals surface area contributed by atoms with E-state index >= 15 is 0 Å². The average molecular weight is 560 g/mol. The lowest BCUT2D eigenvalue weighted by molar-refractivity contribution is -0.248. The van der Waals surface area contributed by atoms with Gasteiger partial charge in [0.1, 0.15) is 22.8 Å². The number of aliphatic hydroxyl groups is 4. The molecule has 2 aliphatic carbocycles. The molecular weight excluding hydrogens is 530 g/mol. The number of phenolic OH excluding ortho intramolecular Hbond substituents is 2. The van der Waals surface area contributed by atoms with Crippen molar-refractivity contribution in [2.45, 2.75) is 68.7 Å². The number of ketones is 3. The molecule has 6 atom stereocenters. The Labute approximate surface area is 227 Å². The van der Waals surface area contributed by atoms with Crippen molar-refractivity contribution in [2.75, 3.05) is 7.11 Å². The first-order valence-electron chi connectivity index (χ1n) is 12.5. The van der Waals surface area contributed by atoms with E-state index in [0.717, 1.165) is 0 Å². The van der Waals surface area contributed by atoms with E-state index in [-0.39, 0.29) is 34.4 Å². The fourth-order valence-electron chi connectivity index (χ4n) is 5.82. The van der Waals surface area contributed by atoms with Gasteiger partial charge in [0, 0.05) is 42.0 Å². The molecule has 2 aromatic carbocycles. The SMILES string of the molecule is COc1cccc2c1C(=O)c1c(O)c3c(c(O)c1C2=O)CC(O)(C(=O)C(O)O)CC3OC1CC(N)C(O)C(C)O1. The van der Waals surface area contributed by atoms with Crippen molar-refractivity contribution >= 4 is 17.3 Å². The molecule has 8 N–H and O–H groups in total. The van der Waals surface area contributed by atoms with Crippen molar-refractivity contribution in [3.05, 3.63) is 51.6 Å². The van der Waals surface area contributed by atoms with Gasteiger partial charge < -0.3 is 50.6 Å². The number of methoxy groups -OCH3 is 1. The Bertz CT molecular complexity index is 1410. The number of phenols is 2. The molecule has 5 rings (SSSR count). The number of rotatable bonds is 5. The predicted octanol–water partition coefficient (Wildman–Crippen LogP) is -0.680. The molecule has 2 aromatic rings. The minimum absolute atomic E-state index is 0.0357. The van der Waals surface area contributed by atoms with Crippen LogP contribution in [0.1, 0.15) is 68.8 Å². The van der Waals surface area contributed by atoms with Crippen LogP contribution in [0.3, 0.4) is 0 Å². The third-order valence-corrected chi connectivity index (χ3v) is 7.84. The molecular formula is C27H29NO12. The molecule has 13 nitrogen and oxygen atoms in total. The molecule has 0 spiro atoms. The molecule has 214 valence electrons. The summed E-state index contributed by atoms with van der Waals surface area (Å²) in [7, 11) is 1.30. The third-order valence-electron chi connectivity index (χ3n) is 7.84. The van der Waals surface area contributed by atoms with E-state index in [1.54, 1.807) is 6.92 Å². The molecule has 1 aliphatic heterocycles. The number of aromatic hydroxyl groups is 2. The van der Waals surface area contributed by atoms with Gasteiger partial charge in [-0.2, -0.15) is 0 Å². The zero-order chi connectivity index (χ0) is 29.3. The lowest BCUT2D eigenvalue weighted by atomic mass is 9.71. The molecule has 3 aliphatic rings. The van der Waals surface area contributed by atoms with Crippen molar-refractivity contribution in [3.63, 3.8) is 0 Å². The summed E-state index contributed by atoms with van der Waals surface area (Å²) in [6.45, 7) is 1.55. The minimum atomic E-state index is -2.59. The molecule has 1 saturated heterocycles. The number of hydrogen-bond acceptors (Lipinski definition) is 13. The van der Waals surface area contributed by atoms with E-state index in [2.05, 4.69) is 0 Å². The molecule has 40 heavy (non-hydrogen) atoms. The van der Waals surface area contributed by atoms with Gasteiger partial charge in [0.05, 0.1) is 42.1 Å². The van der Waals surface area contributed by atoms with Crippen LogP contribution in [0.5, 0.6) is 17.2 Å². The standard InChI is InChI=1S/C27H29NO12/c1-9-20(29)12(28)6-15(39-9)40-14-8-27(37,25(34)26(35)36)7-11-17(14)24(33)19-18(22(11)31)21(30)10-4-3-5-13(38-2)16(10)23(19)32/h3-5,9,12,14-15,20,26,29,31,33,35-37H,6-8,28H2,1-2H3. The van der Waals surface area contributed by atoms with Crippen LogP contribution in [0.2, 0.25) is 0 Å². The summed E-state index contributed by atoms with van der Waals surface area (Å²) in [5.74, 6) is -4.48. The van der Waals surface area contributed by atoms with Crippen LogP contribution in [0, 0.1) is 0 Å². The van der Waals surface area contributed by atoms with Crippen molar-refractivity contribution in [1.29, 1.82) is 0 Å². The summed E-state index contributed by atoms with van der Waals surface area (Å²) in [5, 5.41) is 63.3. The van der Waals surface area contributed by atoms with E-state index in [4.69, 9.17) is 19.9 Å². The van der Waals surface area contributed by atoms with Gasteiger partial charge in [-0.3, -0.25) is 14.4 Å². The third kappa shape index (κ3) is 4.18. The highest BCUT2D eigenvalue weighted by Gasteiger charge is 2.51. The van der Waals surface area contributed by atoms with Crippen molar-refractivity contribution in [2.24, 2.45) is 5.73 Å². The van der Waals surface area contributed by atoms with Crippen LogP contribution in [0.4, 0.5) is 0 Å². The Hall–Kier alpha value is -3.43. The van der Waals surface area contributed by atoms with Gasteiger partial charge in [-0.05, 0) is 13.0 Å². The van der Waals surface area contributed by atoms with Crippen LogP contribution in [-0.4, -0.2) is 91.5 Å². The van der Waals surface area contributed by atoms with Gasteiger partial charge >= 0.3 is 0 Å². The van der Waals surface area contributed by atoms with Crippen LogP contribution in [0.25, 0.3) is 0 Å². The maximum absolute atomic E-state index is 13.7. The van der Waals surface area contributed by atoms with Gasteiger partial charge in [0.15, 0.2) is 12.1 Å². The minimum Gasteiger partial charge on any atom is -0.507 e. The van der Waals surface area contributed by atoms with Gasteiger partial charge in [0.25, 0.3) is 0 Å². The lowest BCUT2D eigenvalue weighted by Gasteiger charge is -2.42. The number of nitrogens with two attached hydrogens (primary N) is 1. The largest absolute Gasteiger partial charge is 0.507 e. The summed E-state index contributed by atoms with van der Waals surface area (Å²) in [5.41, 5.74) is 1.69. The molecule has 6 unspecified atom stereocenters. The first-order valence-corrected chi connectivity index (χ1v) is 12.5. The highest BCUT2D eigenvalue weighted by atomic mass is 16.7. The molecule has 1 fully saturated rings. The monoisotopic (exact) mass is 559 g/mol. The zero-order valence-corrected chi connectivity index (χ0v) is 21.5. The Morgan fingerprint density at radius 1 is 1.12 bits per heavy atom. The van der Waals surface area contributed by atoms with Crippen LogP contribution >= 0.6 is 0 Å². The zero-order valence-electron chi connectivity index (χ0n) is 21.5. The van der Waals surface area contributed by atoms with Gasteiger partial charge in [-0.1, -0.05) is 12.1 Å². The normalized spacial score (nSPS) is 29.6. The Balaban J connectivity index is 1.69. The van der Waals surface area contributed by atoms with E-state index in [1.807, 2.05) is 0 Å². The fraction of sp³-hybridized carbons (Fsp3) is 0.444. The maximum Gasteiger partial charge on any atom is 0.220 e. The van der Waals surface area contributed by atoms with Crippen LogP contribution in [-0.2, 0) is 20.7 Å². The number of fused-ring (bicyclic) bond motifs is 3. The van der Waals surface area contributed by atoms with Crippen LogP contribution in [0.15, 0.2) is 18.2 Å². The number of Topliss-reactive ketones (excluding diaryl/α,β-unsaturated/α-hetero) is 1. The highest BCUT2D eigenvalue weighted by Crippen LogP contribution is 2.52. The number of ether oxygens (including phenoxy) is 3. The van der Waals surface area contributed by atoms with E-state index in [1.165, 1.54) is 25.3 Å². The maximum atomic E-state index is 13.7. The topological polar surface area (TPSA) is 226 Å². The molecule has 0 bridgehead atoms. The number of carbonyl (C=O) groups excluding carboxylic acids is 3. The van der Waals surface area contributed by atoms with Crippen molar-refractivity contribution < 1.29 is 59.2 Å². The Morgan fingerprint density at radius 2 is 1.80 bits per heavy atom. The number of benzene rings is 2. The molecule has 0 aromatic heterocycles. The molecule has 13 heteroatoms. The summed E-state index contributed by atoms with van der Waals surface area (Å²) >= 11 is 0. The van der Waals surface area contributed by atoms with E-state index in [9.17, 15) is 45.0 Å². The number of aliphatic hydroxyl groups excluding tert-OH is 2. The second-order valence-corrected chi connectivity index (χ2v) is 10.3. The smallest absolute Gasteiger partial charge is 0.220 e. The van der Waals surface area contributed by atoms with Crippen molar-refractivity contribution in [3.8, 4) is 17.2 Å². The van der Waals surface area contributed by atoms with Gasteiger partial charge in [0.2, 0.25) is 17.9 Å². The van der Waals surface area contributed by atoms with Crippen molar-refractivity contribution in [1.82, 2.24) is 0 Å². The summed E-state index contributed by atoms with van der Waals surface area (Å²) < 4.78 is 16.9. The van der Waals surface area contributed by atoms with Gasteiger partial charge in [-0.25, -0.2) is 0 Å². The second-order valence-electron chi connectivity index (χ2n) is 10.3. The number of carbonyl (C=O) groups is 3. The Kier molecular flexibility index (Phi) is 6.95. The first kappa shape index (κ1) is 28.1. The highest BCUT2D eigenvalue weighted by molar-refractivity contribution is 6.31. The lowest BCUT2D eigenvalue weighted by Crippen LogP contribution is -2.53. The average Bonchev–Trinajstić information content (AvgIpc) is 2.90. The fourth-order valence-corrected chi connectivity index (χ4v) is 5.82. The molecule has 0 radical (unpaired) electrons. The summed E-state index contributed by atoms with van der Waals surface area (Å²) in [4.78, 5) is 39.8. The summed E-state index contributed by atoms with van der Waals surface area (Å²) in [6.07, 6.45) is -8.37. The first-order chi connectivity index (χ1) is 18.8. The quantitative estimate of drug-likeness (QED) is 0.152. The van der Waals surface area contributed by atoms with E-state index < -0.39 is 95.4 Å². The molecule has 0 amide bonds. The summed E-state index contributed by atoms with van der Waals surface area (Å²) in [6, 6.07) is 3.51. The second kappa shape index (κ2) is 9.89. The molecule has 1 heterocycles. The predicted molar refractivity (Wildman–Crippen MR) is 133 cm³/mol. The van der Waals surface area contributed by atoms with Crippen LogP contribution < -0.4 is 10.5 Å². The molecule has 0 saturated carbocycles.